The second kappa shape index (κ2) is 6.22. The molecular formula is C17H13ClN2O3. The van der Waals surface area contributed by atoms with E-state index < -0.39 is 0 Å². The van der Waals surface area contributed by atoms with Crippen LogP contribution in [0.1, 0.15) is 23.2 Å². The number of nitrogens with one attached hydrogen (secondary N) is 1. The molecule has 0 spiro atoms. The van der Waals surface area contributed by atoms with Gasteiger partial charge >= 0.3 is 0 Å². The molecule has 3 amide bonds. The van der Waals surface area contributed by atoms with Gasteiger partial charge in [0.05, 0.1) is 5.69 Å². The van der Waals surface area contributed by atoms with Crippen LogP contribution in [0, 0.1) is 0 Å². The predicted molar refractivity (Wildman–Crippen MR) is 87.6 cm³/mol. The average molecular weight is 329 g/mol. The van der Waals surface area contributed by atoms with E-state index in [-0.39, 0.29) is 30.6 Å². The highest BCUT2D eigenvalue weighted by atomic mass is 35.5. The lowest BCUT2D eigenvalue weighted by atomic mass is 10.1. The van der Waals surface area contributed by atoms with Gasteiger partial charge < -0.3 is 5.32 Å². The SMILES string of the molecule is O=C(Nc1cccc(Cl)c1)c1cccc(N2C(=O)CCC2=O)c1. The number of amides is 3. The zero-order chi connectivity index (χ0) is 16.4. The molecular weight excluding hydrogens is 316 g/mol. The van der Waals surface area contributed by atoms with Crippen LogP contribution in [0.3, 0.4) is 0 Å². The highest BCUT2D eigenvalue weighted by Gasteiger charge is 2.30. The van der Waals surface area contributed by atoms with Gasteiger partial charge in [0.15, 0.2) is 0 Å². The van der Waals surface area contributed by atoms with E-state index in [0.29, 0.717) is 22.0 Å². The summed E-state index contributed by atoms with van der Waals surface area (Å²) in [6.07, 6.45) is 0.412. The smallest absolute Gasteiger partial charge is 0.255 e. The lowest BCUT2D eigenvalue weighted by Crippen LogP contribution is -2.28. The van der Waals surface area contributed by atoms with E-state index in [0.717, 1.165) is 4.90 Å². The van der Waals surface area contributed by atoms with Crippen molar-refractivity contribution in [2.24, 2.45) is 0 Å². The number of nitrogens with zero attached hydrogens (tertiary/aromatic N) is 1. The van der Waals surface area contributed by atoms with Crippen LogP contribution < -0.4 is 10.2 Å². The fourth-order valence-corrected chi connectivity index (χ4v) is 2.61. The van der Waals surface area contributed by atoms with Crippen LogP contribution in [0.25, 0.3) is 0 Å². The van der Waals surface area contributed by atoms with Gasteiger partial charge in [-0.15, -0.1) is 0 Å². The summed E-state index contributed by atoms with van der Waals surface area (Å²) in [7, 11) is 0. The standard InChI is InChI=1S/C17H13ClN2O3/c18-12-4-2-5-13(10-12)19-17(23)11-3-1-6-14(9-11)20-15(21)7-8-16(20)22/h1-6,9-10H,7-8H2,(H,19,23). The fourth-order valence-electron chi connectivity index (χ4n) is 2.42. The molecule has 1 heterocycles. The van der Waals surface area contributed by atoms with Crippen molar-refractivity contribution in [3.63, 3.8) is 0 Å². The van der Waals surface area contributed by atoms with Crippen LogP contribution >= 0.6 is 11.6 Å². The molecule has 0 atom stereocenters. The summed E-state index contributed by atoms with van der Waals surface area (Å²) >= 11 is 5.88. The first kappa shape index (κ1) is 15.2. The van der Waals surface area contributed by atoms with E-state index in [9.17, 15) is 14.4 Å². The number of carbonyl (C=O) groups is 3. The molecule has 0 radical (unpaired) electrons. The lowest BCUT2D eigenvalue weighted by Gasteiger charge is -2.14. The lowest BCUT2D eigenvalue weighted by molar-refractivity contribution is -0.121. The van der Waals surface area contributed by atoms with Gasteiger partial charge in [0.2, 0.25) is 11.8 Å². The third-order valence-corrected chi connectivity index (χ3v) is 3.74. The maximum absolute atomic E-state index is 12.3. The van der Waals surface area contributed by atoms with Gasteiger partial charge in [-0.2, -0.15) is 0 Å². The Morgan fingerprint density at radius 2 is 1.70 bits per heavy atom. The van der Waals surface area contributed by atoms with E-state index in [1.54, 1.807) is 42.5 Å². The Hall–Kier alpha value is -2.66. The van der Waals surface area contributed by atoms with Gasteiger partial charge in [-0.25, -0.2) is 0 Å². The summed E-state index contributed by atoms with van der Waals surface area (Å²) in [4.78, 5) is 37.0. The minimum Gasteiger partial charge on any atom is -0.322 e. The Morgan fingerprint density at radius 3 is 2.39 bits per heavy atom. The first-order valence-corrected chi connectivity index (χ1v) is 7.45. The number of hydrogen-bond donors (Lipinski definition) is 1. The molecule has 1 aliphatic heterocycles. The summed E-state index contributed by atoms with van der Waals surface area (Å²) < 4.78 is 0. The van der Waals surface area contributed by atoms with Gasteiger partial charge in [0.1, 0.15) is 0 Å². The van der Waals surface area contributed by atoms with E-state index >= 15 is 0 Å². The van der Waals surface area contributed by atoms with Crippen LogP contribution in [-0.2, 0) is 9.59 Å². The van der Waals surface area contributed by atoms with E-state index in [1.165, 1.54) is 6.07 Å². The number of hydrogen-bond acceptors (Lipinski definition) is 3. The molecule has 1 aliphatic rings. The molecule has 0 bridgehead atoms. The molecule has 23 heavy (non-hydrogen) atoms. The van der Waals surface area contributed by atoms with Crippen LogP contribution in [0.2, 0.25) is 5.02 Å². The summed E-state index contributed by atoms with van der Waals surface area (Å²) in [5.41, 5.74) is 1.34. The molecule has 1 saturated heterocycles. The first-order chi connectivity index (χ1) is 11.0. The minimum atomic E-state index is -0.340. The van der Waals surface area contributed by atoms with Crippen LogP contribution in [-0.4, -0.2) is 17.7 Å². The monoisotopic (exact) mass is 328 g/mol. The molecule has 1 fully saturated rings. The summed E-state index contributed by atoms with van der Waals surface area (Å²) in [6, 6.07) is 13.2. The van der Waals surface area contributed by atoms with Crippen LogP contribution in [0.4, 0.5) is 11.4 Å². The van der Waals surface area contributed by atoms with E-state index in [1.807, 2.05) is 0 Å². The molecule has 5 nitrogen and oxygen atoms in total. The summed E-state index contributed by atoms with van der Waals surface area (Å²) in [5, 5.41) is 3.25. The maximum atomic E-state index is 12.3. The highest BCUT2D eigenvalue weighted by molar-refractivity contribution is 6.31. The summed E-state index contributed by atoms with van der Waals surface area (Å²) in [5.74, 6) is -0.835. The van der Waals surface area contributed by atoms with Crippen LogP contribution in [0.5, 0.6) is 0 Å². The largest absolute Gasteiger partial charge is 0.322 e. The van der Waals surface area contributed by atoms with Crippen molar-refractivity contribution in [3.05, 3.63) is 59.1 Å². The highest BCUT2D eigenvalue weighted by Crippen LogP contribution is 2.24. The van der Waals surface area contributed by atoms with Crippen molar-refractivity contribution in [2.75, 3.05) is 10.2 Å². The van der Waals surface area contributed by atoms with Crippen molar-refractivity contribution in [2.45, 2.75) is 12.8 Å². The number of imide groups is 1. The minimum absolute atomic E-state index is 0.206. The number of rotatable bonds is 3. The molecule has 116 valence electrons. The maximum Gasteiger partial charge on any atom is 0.255 e. The topological polar surface area (TPSA) is 66.5 Å². The zero-order valence-corrected chi connectivity index (χ0v) is 12.8. The normalized spacial score (nSPS) is 14.2. The van der Waals surface area contributed by atoms with E-state index in [4.69, 9.17) is 11.6 Å². The molecule has 6 heteroatoms. The Bertz CT molecular complexity index is 788. The quantitative estimate of drug-likeness (QED) is 0.879. The molecule has 1 N–H and O–H groups in total. The summed E-state index contributed by atoms with van der Waals surface area (Å²) in [6.45, 7) is 0. The first-order valence-electron chi connectivity index (χ1n) is 7.07. The molecule has 2 aromatic carbocycles. The van der Waals surface area contributed by atoms with E-state index in [2.05, 4.69) is 5.32 Å². The van der Waals surface area contributed by atoms with Gasteiger partial charge in [-0.3, -0.25) is 19.3 Å². The van der Waals surface area contributed by atoms with Crippen molar-refractivity contribution < 1.29 is 14.4 Å². The van der Waals surface area contributed by atoms with Gasteiger partial charge in [-0.1, -0.05) is 23.7 Å². The Morgan fingerprint density at radius 1 is 1.00 bits per heavy atom. The van der Waals surface area contributed by atoms with Gasteiger partial charge in [-0.05, 0) is 36.4 Å². The molecule has 3 rings (SSSR count). The Kier molecular flexibility index (Phi) is 4.12. The number of benzene rings is 2. The molecule has 0 aromatic heterocycles. The van der Waals surface area contributed by atoms with Crippen molar-refractivity contribution in [1.82, 2.24) is 0 Å². The predicted octanol–water partition coefficient (Wildman–Crippen LogP) is 3.25. The third kappa shape index (κ3) is 3.24. The molecule has 0 saturated carbocycles. The Balaban J connectivity index is 1.83. The number of carbonyl (C=O) groups excluding carboxylic acids is 3. The van der Waals surface area contributed by atoms with Crippen molar-refractivity contribution in [1.29, 1.82) is 0 Å². The van der Waals surface area contributed by atoms with Crippen LogP contribution in [0.15, 0.2) is 48.5 Å². The van der Waals surface area contributed by atoms with Crippen molar-refractivity contribution >= 4 is 40.7 Å². The zero-order valence-electron chi connectivity index (χ0n) is 12.1. The molecule has 0 aliphatic carbocycles. The van der Waals surface area contributed by atoms with Gasteiger partial charge in [0, 0.05) is 29.1 Å². The van der Waals surface area contributed by atoms with Gasteiger partial charge in [0.25, 0.3) is 5.91 Å². The average Bonchev–Trinajstić information content (AvgIpc) is 2.86. The molecule has 0 unspecified atom stereocenters. The Labute approximate surface area is 137 Å². The number of anilines is 2. The van der Waals surface area contributed by atoms with Crippen molar-refractivity contribution in [3.8, 4) is 0 Å². The molecule has 2 aromatic rings. The number of halogens is 1. The second-order valence-corrected chi connectivity index (χ2v) is 5.57. The third-order valence-electron chi connectivity index (χ3n) is 3.50. The fraction of sp³-hybridized carbons (Fsp3) is 0.118. The second-order valence-electron chi connectivity index (χ2n) is 5.14.